The van der Waals surface area contributed by atoms with Crippen molar-refractivity contribution >= 4 is 22.9 Å². The summed E-state index contributed by atoms with van der Waals surface area (Å²) in [6.07, 6.45) is 1.62. The molecule has 0 aliphatic heterocycles. The summed E-state index contributed by atoms with van der Waals surface area (Å²) >= 11 is 0. The fraction of sp³-hybridized carbons (Fsp3) is 0.364. The normalized spacial score (nSPS) is 12.5. The van der Waals surface area contributed by atoms with Crippen molar-refractivity contribution in [3.8, 4) is 11.5 Å². The van der Waals surface area contributed by atoms with Crippen molar-refractivity contribution in [3.05, 3.63) is 46.5 Å². The molecular weight excluding hydrogens is 400 g/mol. The monoisotopic (exact) mass is 428 g/mol. The van der Waals surface area contributed by atoms with E-state index >= 15 is 0 Å². The Morgan fingerprint density at radius 2 is 1.26 bits per heavy atom. The van der Waals surface area contributed by atoms with Crippen LogP contribution in [0.5, 0.6) is 11.5 Å². The first-order valence-electron chi connectivity index (χ1n) is 10.3. The van der Waals surface area contributed by atoms with Gasteiger partial charge in [-0.1, -0.05) is 0 Å². The number of phenols is 2. The standard InChI is InChI=1S/C22H28N4O5/c23-7-1-2-8-25-13-3-4-14(26-10-9-24-11-12-27)18-17(13)21(30)19-15(28)5-6-16(29)20(19)22(18)31/h3-6,24-29H,1-2,7-12,23H2. The molecule has 2 aromatic rings. The highest BCUT2D eigenvalue weighted by molar-refractivity contribution is 6.33. The maximum absolute atomic E-state index is 13.4. The van der Waals surface area contributed by atoms with Crippen LogP contribution in [0.25, 0.3) is 0 Å². The predicted molar refractivity (Wildman–Crippen MR) is 118 cm³/mol. The lowest BCUT2D eigenvalue weighted by Gasteiger charge is -2.25. The highest BCUT2D eigenvalue weighted by Crippen LogP contribution is 2.42. The number of nitrogens with one attached hydrogen (secondary N) is 3. The molecule has 1 aliphatic carbocycles. The minimum absolute atomic E-state index is 0.0203. The fourth-order valence-electron chi connectivity index (χ4n) is 3.64. The number of benzene rings is 2. The van der Waals surface area contributed by atoms with Gasteiger partial charge in [0.05, 0.1) is 28.9 Å². The molecule has 0 amide bonds. The van der Waals surface area contributed by atoms with Crippen LogP contribution in [-0.2, 0) is 0 Å². The molecule has 0 atom stereocenters. The van der Waals surface area contributed by atoms with E-state index < -0.39 is 11.6 Å². The van der Waals surface area contributed by atoms with Gasteiger partial charge in [-0.25, -0.2) is 0 Å². The predicted octanol–water partition coefficient (Wildman–Crippen LogP) is 1.02. The molecule has 0 heterocycles. The quantitative estimate of drug-likeness (QED) is 0.175. The maximum Gasteiger partial charge on any atom is 0.200 e. The maximum atomic E-state index is 13.4. The number of aliphatic hydroxyl groups is 1. The Bertz CT molecular complexity index is 977. The molecule has 0 bridgehead atoms. The molecule has 8 N–H and O–H groups in total. The van der Waals surface area contributed by atoms with Gasteiger partial charge in [0, 0.05) is 37.6 Å². The summed E-state index contributed by atoms with van der Waals surface area (Å²) in [6.45, 7) is 2.60. The number of aromatic hydroxyl groups is 2. The number of ketones is 2. The molecule has 0 radical (unpaired) electrons. The average molecular weight is 428 g/mol. The van der Waals surface area contributed by atoms with Gasteiger partial charge >= 0.3 is 0 Å². The first kappa shape index (κ1) is 22.5. The van der Waals surface area contributed by atoms with Crippen molar-refractivity contribution in [2.45, 2.75) is 12.8 Å². The van der Waals surface area contributed by atoms with E-state index in [1.54, 1.807) is 12.1 Å². The van der Waals surface area contributed by atoms with Crippen LogP contribution < -0.4 is 21.7 Å². The number of hydrogen-bond donors (Lipinski definition) is 7. The van der Waals surface area contributed by atoms with Crippen LogP contribution in [0.15, 0.2) is 24.3 Å². The van der Waals surface area contributed by atoms with E-state index in [-0.39, 0.29) is 40.4 Å². The Balaban J connectivity index is 2.01. The zero-order valence-electron chi connectivity index (χ0n) is 17.2. The van der Waals surface area contributed by atoms with E-state index in [1.807, 2.05) is 0 Å². The van der Waals surface area contributed by atoms with Gasteiger partial charge in [0.15, 0.2) is 0 Å². The Morgan fingerprint density at radius 1 is 0.710 bits per heavy atom. The summed E-state index contributed by atoms with van der Waals surface area (Å²) in [7, 11) is 0. The van der Waals surface area contributed by atoms with E-state index in [4.69, 9.17) is 10.8 Å². The second-order valence-corrected chi connectivity index (χ2v) is 7.25. The van der Waals surface area contributed by atoms with Crippen LogP contribution in [0, 0.1) is 0 Å². The van der Waals surface area contributed by atoms with Crippen LogP contribution >= 0.6 is 0 Å². The summed E-state index contributed by atoms with van der Waals surface area (Å²) in [4.78, 5) is 26.7. The Labute approximate surface area is 180 Å². The molecule has 31 heavy (non-hydrogen) atoms. The molecule has 0 unspecified atom stereocenters. The number of aliphatic hydroxyl groups excluding tert-OH is 1. The number of fused-ring (bicyclic) bond motifs is 2. The summed E-state index contributed by atoms with van der Waals surface area (Å²) < 4.78 is 0. The largest absolute Gasteiger partial charge is 0.507 e. The summed E-state index contributed by atoms with van der Waals surface area (Å²) in [5.74, 6) is -1.76. The lowest BCUT2D eigenvalue weighted by molar-refractivity contribution is 0.0975. The van der Waals surface area contributed by atoms with E-state index in [0.29, 0.717) is 44.1 Å². The van der Waals surface area contributed by atoms with Crippen molar-refractivity contribution in [2.75, 3.05) is 50.0 Å². The van der Waals surface area contributed by atoms with Crippen molar-refractivity contribution < 1.29 is 24.9 Å². The second kappa shape index (κ2) is 10.3. The fourth-order valence-corrected chi connectivity index (χ4v) is 3.64. The minimum Gasteiger partial charge on any atom is -0.507 e. The molecule has 3 rings (SSSR count). The number of unbranched alkanes of at least 4 members (excludes halogenated alkanes) is 1. The molecule has 166 valence electrons. The van der Waals surface area contributed by atoms with Crippen molar-refractivity contribution in [2.24, 2.45) is 5.73 Å². The Kier molecular flexibility index (Phi) is 7.45. The molecule has 9 heteroatoms. The van der Waals surface area contributed by atoms with Crippen molar-refractivity contribution in [1.82, 2.24) is 5.32 Å². The topological polar surface area (TPSA) is 157 Å². The minimum atomic E-state index is -0.533. The molecule has 0 fully saturated rings. The number of carbonyl (C=O) groups excluding carboxylic acids is 2. The lowest BCUT2D eigenvalue weighted by Crippen LogP contribution is -2.27. The van der Waals surface area contributed by atoms with Gasteiger partial charge in [-0.2, -0.15) is 0 Å². The Morgan fingerprint density at radius 3 is 1.77 bits per heavy atom. The molecule has 9 nitrogen and oxygen atoms in total. The van der Waals surface area contributed by atoms with Gasteiger partial charge in [0.25, 0.3) is 0 Å². The number of phenolic OH excluding ortho intramolecular Hbond substituents is 2. The smallest absolute Gasteiger partial charge is 0.200 e. The van der Waals surface area contributed by atoms with Crippen molar-refractivity contribution in [1.29, 1.82) is 0 Å². The van der Waals surface area contributed by atoms with Gasteiger partial charge in [-0.3, -0.25) is 9.59 Å². The molecule has 0 saturated carbocycles. The van der Waals surface area contributed by atoms with Crippen LogP contribution in [0.3, 0.4) is 0 Å². The summed E-state index contributed by atoms with van der Waals surface area (Å²) in [5.41, 5.74) is 6.42. The zero-order valence-corrected chi connectivity index (χ0v) is 17.2. The lowest BCUT2D eigenvalue weighted by atomic mass is 9.81. The third-order valence-electron chi connectivity index (χ3n) is 5.13. The third kappa shape index (κ3) is 4.63. The second-order valence-electron chi connectivity index (χ2n) is 7.25. The van der Waals surface area contributed by atoms with Gasteiger partial charge in [-0.05, 0) is 43.7 Å². The highest BCUT2D eigenvalue weighted by atomic mass is 16.3. The van der Waals surface area contributed by atoms with Crippen LogP contribution in [0.4, 0.5) is 11.4 Å². The first-order valence-corrected chi connectivity index (χ1v) is 10.3. The van der Waals surface area contributed by atoms with Crippen molar-refractivity contribution in [3.63, 3.8) is 0 Å². The third-order valence-corrected chi connectivity index (χ3v) is 5.13. The van der Waals surface area contributed by atoms with E-state index in [0.717, 1.165) is 12.8 Å². The Hall–Kier alpha value is -3.14. The van der Waals surface area contributed by atoms with E-state index in [1.165, 1.54) is 12.1 Å². The van der Waals surface area contributed by atoms with Gasteiger partial charge in [-0.15, -0.1) is 0 Å². The molecule has 2 aromatic carbocycles. The van der Waals surface area contributed by atoms with Crippen LogP contribution in [-0.4, -0.2) is 66.2 Å². The molecular formula is C22H28N4O5. The van der Waals surface area contributed by atoms with Gasteiger partial charge in [0.2, 0.25) is 11.6 Å². The number of carbonyl (C=O) groups is 2. The number of hydrogen-bond acceptors (Lipinski definition) is 9. The van der Waals surface area contributed by atoms with E-state index in [2.05, 4.69) is 16.0 Å². The van der Waals surface area contributed by atoms with Gasteiger partial charge in [0.1, 0.15) is 11.5 Å². The number of anilines is 2. The first-order chi connectivity index (χ1) is 15.0. The summed E-state index contributed by atoms with van der Waals surface area (Å²) in [5, 5.41) is 38.8. The SMILES string of the molecule is NCCCCNc1ccc(NCCNCCO)c2c1C(=O)c1c(O)ccc(O)c1C2=O. The average Bonchev–Trinajstić information content (AvgIpc) is 2.76. The number of rotatable bonds is 11. The zero-order chi connectivity index (χ0) is 22.4. The van der Waals surface area contributed by atoms with E-state index in [9.17, 15) is 19.8 Å². The molecule has 1 aliphatic rings. The van der Waals surface area contributed by atoms with Crippen LogP contribution in [0.1, 0.15) is 44.7 Å². The molecule has 0 aromatic heterocycles. The molecule has 0 spiro atoms. The highest BCUT2D eigenvalue weighted by Gasteiger charge is 2.37. The molecule has 0 saturated heterocycles. The number of nitrogens with two attached hydrogens (primary N) is 1. The van der Waals surface area contributed by atoms with Gasteiger partial charge < -0.3 is 37.0 Å². The summed E-state index contributed by atoms with van der Waals surface area (Å²) in [6, 6.07) is 5.84. The van der Waals surface area contributed by atoms with Crippen LogP contribution in [0.2, 0.25) is 0 Å².